The first-order chi connectivity index (χ1) is 24.1. The van der Waals surface area contributed by atoms with Gasteiger partial charge in [0.25, 0.3) is 11.8 Å². The molecule has 4 N–H and O–H groups in total. The van der Waals surface area contributed by atoms with E-state index >= 15 is 0 Å². The number of amides is 3. The van der Waals surface area contributed by atoms with Crippen molar-refractivity contribution in [1.82, 2.24) is 15.6 Å². The molecule has 19 heteroatoms. The molecule has 1 unspecified atom stereocenters. The highest BCUT2D eigenvalue weighted by Crippen LogP contribution is 2.48. The molecule has 2 aromatic carbocycles. The molecule has 0 saturated heterocycles. The average molecular weight is 774 g/mol. The first-order valence-electron chi connectivity index (χ1n) is 15.4. The number of benzene rings is 2. The first-order valence-corrected chi connectivity index (χ1v) is 17.7. The van der Waals surface area contributed by atoms with Crippen LogP contribution in [0.3, 0.4) is 0 Å². The van der Waals surface area contributed by atoms with Crippen LogP contribution in [0.15, 0.2) is 54.7 Å². The minimum absolute atomic E-state index is 0.00241. The van der Waals surface area contributed by atoms with E-state index in [1.54, 1.807) is 0 Å². The zero-order chi connectivity index (χ0) is 37.0. The highest BCUT2D eigenvalue weighted by Gasteiger charge is 2.57. The molecular weight excluding hydrogens is 740 g/mol. The standard InChI is InChI=1S/C32H33Cl2F2N4O10P/c1-40(29-19(3-2-12-37-29)16-49-51(44,45)46)30(43)50-26-15-31(38-27(41)17-47-20-4-6-22(33)24(35)13-20)8-10-32(26,11-9-31)39-28(42)18-48-21-5-7-23(34)25(36)14-21/h2-7,12-14,26H,8-11,15-18H2,1H3,(H,38,41)(H,39,42)(H2,44,45,46). The van der Waals surface area contributed by atoms with Gasteiger partial charge in [-0.15, -0.1) is 0 Å². The number of carbonyl (C=O) groups excluding carboxylic acids is 3. The number of nitrogens with zero attached hydrogens (tertiary/aromatic N) is 2. The number of phosphoric ester groups is 1. The maximum absolute atomic E-state index is 13.9. The Morgan fingerprint density at radius 2 is 1.51 bits per heavy atom. The third-order valence-corrected chi connectivity index (χ3v) is 9.78. The molecule has 3 amide bonds. The molecule has 1 aromatic heterocycles. The molecule has 274 valence electrons. The SMILES string of the molecule is CN(C(=O)OC1CC2(NC(=O)COc3ccc(Cl)c(F)c3)CCC1(NC(=O)COc1ccc(Cl)c(F)c1)CC2)c1ncccc1COP(=O)(O)O. The number of rotatable bonds is 13. The van der Waals surface area contributed by atoms with Crippen LogP contribution in [0.2, 0.25) is 10.0 Å². The largest absolute Gasteiger partial charge is 0.484 e. The number of ether oxygens (including phenoxy) is 3. The second-order valence-corrected chi connectivity index (χ2v) is 14.2. The lowest BCUT2D eigenvalue weighted by Gasteiger charge is -2.57. The molecule has 3 aliphatic carbocycles. The quantitative estimate of drug-likeness (QED) is 0.170. The van der Waals surface area contributed by atoms with Gasteiger partial charge >= 0.3 is 13.9 Å². The summed E-state index contributed by atoms with van der Waals surface area (Å²) in [5.41, 5.74) is -1.79. The third kappa shape index (κ3) is 9.64. The van der Waals surface area contributed by atoms with Gasteiger partial charge in [0.15, 0.2) is 13.2 Å². The van der Waals surface area contributed by atoms with Gasteiger partial charge in [0, 0.05) is 42.9 Å². The number of halogens is 4. The Balaban J connectivity index is 1.31. The normalized spacial score (nSPS) is 21.0. The lowest BCUT2D eigenvalue weighted by molar-refractivity contribution is -0.137. The van der Waals surface area contributed by atoms with Crippen LogP contribution >= 0.6 is 31.0 Å². The second-order valence-electron chi connectivity index (χ2n) is 12.1. The van der Waals surface area contributed by atoms with Gasteiger partial charge in [0.1, 0.15) is 35.1 Å². The molecule has 0 radical (unpaired) electrons. The fourth-order valence-electron chi connectivity index (χ4n) is 6.15. The third-order valence-electron chi connectivity index (χ3n) is 8.70. The Bertz CT molecular complexity index is 1840. The fraction of sp³-hybridized carbons (Fsp3) is 0.375. The average Bonchev–Trinajstić information content (AvgIpc) is 3.08. The maximum Gasteiger partial charge on any atom is 0.469 e. The van der Waals surface area contributed by atoms with Crippen LogP contribution in [-0.4, -0.2) is 70.1 Å². The van der Waals surface area contributed by atoms with Crippen LogP contribution in [-0.2, 0) is 30.0 Å². The van der Waals surface area contributed by atoms with E-state index < -0.39 is 74.4 Å². The predicted octanol–water partition coefficient (Wildman–Crippen LogP) is 5.06. The van der Waals surface area contributed by atoms with Gasteiger partial charge in [-0.2, -0.15) is 0 Å². The number of anilines is 1. The van der Waals surface area contributed by atoms with Crippen molar-refractivity contribution in [3.05, 3.63) is 82.0 Å². The van der Waals surface area contributed by atoms with Gasteiger partial charge < -0.3 is 34.6 Å². The second kappa shape index (κ2) is 15.7. The lowest BCUT2D eigenvalue weighted by Crippen LogP contribution is -2.71. The molecule has 3 aromatic rings. The van der Waals surface area contributed by atoms with Gasteiger partial charge in [0.05, 0.1) is 22.2 Å². The van der Waals surface area contributed by atoms with E-state index in [1.807, 2.05) is 0 Å². The Labute approximate surface area is 300 Å². The molecule has 3 saturated carbocycles. The minimum atomic E-state index is -4.84. The van der Waals surface area contributed by atoms with E-state index in [-0.39, 0.29) is 52.2 Å². The van der Waals surface area contributed by atoms with Crippen LogP contribution < -0.4 is 25.0 Å². The van der Waals surface area contributed by atoms with Crippen molar-refractivity contribution in [2.75, 3.05) is 25.2 Å². The number of phosphoric acid groups is 1. The summed E-state index contributed by atoms with van der Waals surface area (Å²) >= 11 is 11.4. The van der Waals surface area contributed by atoms with Gasteiger partial charge in [-0.3, -0.25) is 19.0 Å². The number of fused-ring (bicyclic) bond motifs is 3. The number of hydrogen-bond donors (Lipinski definition) is 4. The highest BCUT2D eigenvalue weighted by atomic mass is 35.5. The summed E-state index contributed by atoms with van der Waals surface area (Å²) in [5, 5.41) is 5.70. The van der Waals surface area contributed by atoms with Crippen LogP contribution in [0.25, 0.3) is 0 Å². The van der Waals surface area contributed by atoms with E-state index in [0.29, 0.717) is 12.8 Å². The van der Waals surface area contributed by atoms with Crippen molar-refractivity contribution in [2.45, 2.75) is 55.9 Å². The summed E-state index contributed by atoms with van der Waals surface area (Å²) in [6.45, 7) is -1.50. The van der Waals surface area contributed by atoms with Crippen molar-refractivity contribution < 1.29 is 56.3 Å². The minimum Gasteiger partial charge on any atom is -0.484 e. The summed E-state index contributed by atoms with van der Waals surface area (Å²) in [6.07, 6.45) is 0.819. The maximum atomic E-state index is 13.9. The molecule has 2 bridgehead atoms. The van der Waals surface area contributed by atoms with E-state index in [2.05, 4.69) is 20.1 Å². The molecule has 0 spiro atoms. The molecule has 1 heterocycles. The van der Waals surface area contributed by atoms with Crippen LogP contribution in [0.5, 0.6) is 11.5 Å². The van der Waals surface area contributed by atoms with E-state index in [4.69, 9.17) is 47.2 Å². The van der Waals surface area contributed by atoms with Crippen LogP contribution in [0, 0.1) is 11.6 Å². The molecule has 51 heavy (non-hydrogen) atoms. The fourth-order valence-corrected chi connectivity index (χ4v) is 6.69. The van der Waals surface area contributed by atoms with Crippen molar-refractivity contribution in [3.8, 4) is 11.5 Å². The van der Waals surface area contributed by atoms with Gasteiger partial charge in [-0.1, -0.05) is 29.3 Å². The van der Waals surface area contributed by atoms with E-state index in [0.717, 1.165) is 17.0 Å². The summed E-state index contributed by atoms with van der Waals surface area (Å²) in [6, 6.07) is 10.4. The predicted molar refractivity (Wildman–Crippen MR) is 178 cm³/mol. The van der Waals surface area contributed by atoms with Gasteiger partial charge in [0.2, 0.25) is 0 Å². The van der Waals surface area contributed by atoms with Crippen molar-refractivity contribution >= 4 is 54.8 Å². The Morgan fingerprint density at radius 1 is 0.941 bits per heavy atom. The Hall–Kier alpha value is -4.05. The van der Waals surface area contributed by atoms with Crippen molar-refractivity contribution in [3.63, 3.8) is 0 Å². The topological polar surface area (TPSA) is 186 Å². The molecule has 3 fully saturated rings. The first kappa shape index (κ1) is 38.2. The Morgan fingerprint density at radius 3 is 2.06 bits per heavy atom. The summed E-state index contributed by atoms with van der Waals surface area (Å²) in [5.74, 6) is -2.37. The van der Waals surface area contributed by atoms with E-state index in [1.165, 1.54) is 49.6 Å². The summed E-state index contributed by atoms with van der Waals surface area (Å²) < 4.78 is 60.6. The molecule has 3 aliphatic rings. The molecule has 0 aliphatic heterocycles. The summed E-state index contributed by atoms with van der Waals surface area (Å²) in [7, 11) is -3.50. The number of hydrogen-bond acceptors (Lipinski definition) is 9. The van der Waals surface area contributed by atoms with Crippen molar-refractivity contribution in [1.29, 1.82) is 0 Å². The molecule has 14 nitrogen and oxygen atoms in total. The summed E-state index contributed by atoms with van der Waals surface area (Å²) in [4.78, 5) is 63.4. The molecule has 1 atom stereocenters. The monoisotopic (exact) mass is 772 g/mol. The highest BCUT2D eigenvalue weighted by molar-refractivity contribution is 7.46. The zero-order valence-corrected chi connectivity index (χ0v) is 29.4. The number of aromatic nitrogens is 1. The smallest absolute Gasteiger partial charge is 0.469 e. The van der Waals surface area contributed by atoms with E-state index in [9.17, 15) is 27.7 Å². The zero-order valence-electron chi connectivity index (χ0n) is 26.9. The molecule has 6 rings (SSSR count). The number of pyridine rings is 1. The number of carbonyl (C=O) groups is 3. The lowest BCUT2D eigenvalue weighted by atomic mass is 9.59. The van der Waals surface area contributed by atoms with Crippen LogP contribution in [0.4, 0.5) is 19.4 Å². The number of nitrogens with one attached hydrogen (secondary N) is 2. The molecular formula is C32H33Cl2F2N4O10P. The van der Waals surface area contributed by atoms with Gasteiger partial charge in [-0.25, -0.2) is 23.1 Å². The van der Waals surface area contributed by atoms with Gasteiger partial charge in [-0.05, 0) is 56.0 Å². The van der Waals surface area contributed by atoms with Crippen LogP contribution in [0.1, 0.15) is 37.7 Å². The Kier molecular flexibility index (Phi) is 11.7. The van der Waals surface area contributed by atoms with Crippen molar-refractivity contribution in [2.24, 2.45) is 0 Å².